The molecule has 2 N–H and O–H groups in total. The number of carbonyl (C=O) groups is 2. The van der Waals surface area contributed by atoms with Crippen LogP contribution in [-0.4, -0.2) is 47.7 Å². The van der Waals surface area contributed by atoms with Crippen LogP contribution in [0.4, 0.5) is 0 Å². The number of aliphatic carboxylic acids is 1. The number of carbonyl (C=O) groups excluding carboxylic acids is 1. The van der Waals surface area contributed by atoms with Crippen molar-refractivity contribution in [1.29, 1.82) is 0 Å². The van der Waals surface area contributed by atoms with Crippen LogP contribution in [0.3, 0.4) is 0 Å². The predicted octanol–water partition coefficient (Wildman–Crippen LogP) is 2.00. The van der Waals surface area contributed by atoms with E-state index in [0.29, 0.717) is 26.8 Å². The normalized spacial score (nSPS) is 12.2. The fourth-order valence-electron chi connectivity index (χ4n) is 2.42. The lowest BCUT2D eigenvalue weighted by Gasteiger charge is -2.10. The van der Waals surface area contributed by atoms with Crippen molar-refractivity contribution < 1.29 is 24.2 Å². The second-order valence-corrected chi connectivity index (χ2v) is 6.73. The zero-order chi connectivity index (χ0) is 18.6. The summed E-state index contributed by atoms with van der Waals surface area (Å²) in [4.78, 5) is 33.1. The summed E-state index contributed by atoms with van der Waals surface area (Å²) >= 11 is 1.25. The third kappa shape index (κ3) is 4.43. The van der Waals surface area contributed by atoms with Crippen molar-refractivity contribution >= 4 is 33.4 Å². The number of rotatable bonds is 8. The van der Waals surface area contributed by atoms with Gasteiger partial charge in [-0.2, -0.15) is 4.98 Å². The number of fused-ring (bicyclic) bond motifs is 1. The Labute approximate surface area is 149 Å². The van der Waals surface area contributed by atoms with Crippen LogP contribution >= 0.6 is 11.3 Å². The van der Waals surface area contributed by atoms with E-state index in [-0.39, 0.29) is 31.4 Å². The van der Waals surface area contributed by atoms with Gasteiger partial charge >= 0.3 is 5.97 Å². The van der Waals surface area contributed by atoms with E-state index in [1.807, 2.05) is 6.92 Å². The van der Waals surface area contributed by atoms with Gasteiger partial charge in [-0.15, -0.1) is 11.3 Å². The minimum absolute atomic E-state index is 0.00531. The van der Waals surface area contributed by atoms with Gasteiger partial charge in [-0.3, -0.25) is 9.59 Å². The van der Waals surface area contributed by atoms with E-state index in [4.69, 9.17) is 14.6 Å². The number of hydrogen-bond donors (Lipinski definition) is 2. The maximum absolute atomic E-state index is 12.5. The molecule has 1 atom stereocenters. The van der Waals surface area contributed by atoms with Crippen LogP contribution in [0.25, 0.3) is 10.2 Å². The van der Waals surface area contributed by atoms with E-state index in [2.05, 4.69) is 15.3 Å². The third-order valence-corrected chi connectivity index (χ3v) is 4.79. The molecule has 9 heteroatoms. The lowest BCUT2D eigenvalue weighted by molar-refractivity contribution is -0.137. The molecule has 0 fully saturated rings. The van der Waals surface area contributed by atoms with E-state index in [1.165, 1.54) is 18.4 Å². The maximum atomic E-state index is 12.5. The molecule has 25 heavy (non-hydrogen) atoms. The average molecular weight is 367 g/mol. The molecule has 0 aliphatic carbocycles. The molecule has 8 nitrogen and oxygen atoms in total. The van der Waals surface area contributed by atoms with Gasteiger partial charge in [0, 0.05) is 20.1 Å². The Morgan fingerprint density at radius 2 is 2.04 bits per heavy atom. The predicted molar refractivity (Wildman–Crippen MR) is 93.2 cm³/mol. The molecule has 2 aromatic heterocycles. The zero-order valence-corrected chi connectivity index (χ0v) is 15.4. The van der Waals surface area contributed by atoms with Crippen molar-refractivity contribution in [2.45, 2.75) is 26.9 Å². The zero-order valence-electron chi connectivity index (χ0n) is 14.6. The number of ether oxygens (including phenoxy) is 2. The van der Waals surface area contributed by atoms with Crippen LogP contribution in [0.15, 0.2) is 0 Å². The number of nitrogens with zero attached hydrogens (tertiary/aromatic N) is 2. The van der Waals surface area contributed by atoms with Crippen molar-refractivity contribution in [3.63, 3.8) is 0 Å². The highest BCUT2D eigenvalue weighted by molar-refractivity contribution is 7.20. The summed E-state index contributed by atoms with van der Waals surface area (Å²) in [7, 11) is 3.07. The molecule has 0 saturated carbocycles. The SMILES string of the molecule is COCc1nc(OC)c2c(C)c(C(=O)NCC(C)CC(=O)O)sc2n1. The van der Waals surface area contributed by atoms with Gasteiger partial charge in [0.25, 0.3) is 5.91 Å². The third-order valence-electron chi connectivity index (χ3n) is 3.61. The summed E-state index contributed by atoms with van der Waals surface area (Å²) in [6, 6.07) is 0. The molecule has 1 unspecified atom stereocenters. The number of nitrogens with one attached hydrogen (secondary N) is 1. The molecular weight excluding hydrogens is 346 g/mol. The Kier molecular flexibility index (Phi) is 6.27. The highest BCUT2D eigenvalue weighted by Gasteiger charge is 2.21. The number of aromatic nitrogens is 2. The quantitative estimate of drug-likeness (QED) is 0.734. The summed E-state index contributed by atoms with van der Waals surface area (Å²) in [5, 5.41) is 12.3. The van der Waals surface area contributed by atoms with Gasteiger partial charge in [-0.25, -0.2) is 4.98 Å². The van der Waals surface area contributed by atoms with Crippen LogP contribution in [0, 0.1) is 12.8 Å². The Balaban J connectivity index is 2.27. The van der Waals surface area contributed by atoms with E-state index in [0.717, 1.165) is 5.56 Å². The summed E-state index contributed by atoms with van der Waals surface area (Å²) in [6.07, 6.45) is 0.00531. The van der Waals surface area contributed by atoms with Crippen molar-refractivity contribution in [2.75, 3.05) is 20.8 Å². The molecule has 136 valence electrons. The molecule has 2 rings (SSSR count). The van der Waals surface area contributed by atoms with Gasteiger partial charge in [-0.1, -0.05) is 6.92 Å². The molecule has 0 spiro atoms. The van der Waals surface area contributed by atoms with Gasteiger partial charge in [0.2, 0.25) is 5.88 Å². The maximum Gasteiger partial charge on any atom is 0.303 e. The van der Waals surface area contributed by atoms with Crippen LogP contribution < -0.4 is 10.1 Å². The average Bonchev–Trinajstić information content (AvgIpc) is 2.88. The lowest BCUT2D eigenvalue weighted by atomic mass is 10.1. The van der Waals surface area contributed by atoms with Crippen LogP contribution in [-0.2, 0) is 16.1 Å². The standard InChI is InChI=1S/C16H21N3O5S/c1-8(5-11(20)21)6-17-14(22)13-9(2)12-15(24-4)18-10(7-23-3)19-16(12)25-13/h8H,5-7H2,1-4H3,(H,17,22)(H,20,21). The van der Waals surface area contributed by atoms with Gasteiger partial charge in [0.1, 0.15) is 11.4 Å². The number of aryl methyl sites for hydroxylation is 1. The van der Waals surface area contributed by atoms with E-state index < -0.39 is 5.97 Å². The molecule has 0 aromatic carbocycles. The highest BCUT2D eigenvalue weighted by atomic mass is 32.1. The number of amides is 1. The first-order chi connectivity index (χ1) is 11.9. The second kappa shape index (κ2) is 8.21. The molecule has 1 amide bonds. The van der Waals surface area contributed by atoms with Crippen LogP contribution in [0.1, 0.15) is 34.4 Å². The van der Waals surface area contributed by atoms with Crippen molar-refractivity contribution in [3.8, 4) is 5.88 Å². The fourth-order valence-corrected chi connectivity index (χ4v) is 3.53. The number of thiophene rings is 1. The number of carboxylic acid groups (broad SMARTS) is 1. The molecule has 0 radical (unpaired) electrons. The Bertz CT molecular complexity index is 790. The molecule has 0 aliphatic heterocycles. The van der Waals surface area contributed by atoms with Crippen molar-refractivity contribution in [2.24, 2.45) is 5.92 Å². The topological polar surface area (TPSA) is 111 Å². The van der Waals surface area contributed by atoms with Gasteiger partial charge < -0.3 is 19.9 Å². The smallest absolute Gasteiger partial charge is 0.303 e. The fraction of sp³-hybridized carbons (Fsp3) is 0.500. The first kappa shape index (κ1) is 19.1. The lowest BCUT2D eigenvalue weighted by Crippen LogP contribution is -2.29. The number of carboxylic acids is 1. The summed E-state index contributed by atoms with van der Waals surface area (Å²) < 4.78 is 10.4. The first-order valence-electron chi connectivity index (χ1n) is 7.70. The largest absolute Gasteiger partial charge is 0.481 e. The van der Waals surface area contributed by atoms with Crippen LogP contribution in [0.2, 0.25) is 0 Å². The minimum atomic E-state index is -0.884. The van der Waals surface area contributed by atoms with Gasteiger partial charge in [0.15, 0.2) is 5.82 Å². The summed E-state index contributed by atoms with van der Waals surface area (Å²) in [6.45, 7) is 4.13. The van der Waals surface area contributed by atoms with Crippen molar-refractivity contribution in [1.82, 2.24) is 15.3 Å². The molecule has 2 heterocycles. The molecule has 0 bridgehead atoms. The second-order valence-electron chi connectivity index (χ2n) is 5.73. The Morgan fingerprint density at radius 3 is 2.64 bits per heavy atom. The number of methoxy groups -OCH3 is 2. The van der Waals surface area contributed by atoms with Crippen LogP contribution in [0.5, 0.6) is 5.88 Å². The molecule has 0 aliphatic rings. The minimum Gasteiger partial charge on any atom is -0.481 e. The highest BCUT2D eigenvalue weighted by Crippen LogP contribution is 2.35. The van der Waals surface area contributed by atoms with E-state index >= 15 is 0 Å². The number of hydrogen-bond acceptors (Lipinski definition) is 7. The van der Waals surface area contributed by atoms with Crippen molar-refractivity contribution in [3.05, 3.63) is 16.3 Å². The Morgan fingerprint density at radius 1 is 1.32 bits per heavy atom. The summed E-state index contributed by atoms with van der Waals surface area (Å²) in [5.74, 6) is -0.406. The Hall–Kier alpha value is -2.26. The van der Waals surface area contributed by atoms with Gasteiger partial charge in [-0.05, 0) is 18.4 Å². The first-order valence-corrected chi connectivity index (χ1v) is 8.51. The molecule has 2 aromatic rings. The van der Waals surface area contributed by atoms with Gasteiger partial charge in [0.05, 0.1) is 17.4 Å². The van der Waals surface area contributed by atoms with E-state index in [9.17, 15) is 9.59 Å². The van der Waals surface area contributed by atoms with E-state index in [1.54, 1.807) is 14.0 Å². The monoisotopic (exact) mass is 367 g/mol. The summed E-state index contributed by atoms with van der Waals surface area (Å²) in [5.41, 5.74) is 0.740. The molecular formula is C16H21N3O5S. The molecule has 0 saturated heterocycles.